The molecule has 3 aromatic carbocycles. The third-order valence-electron chi connectivity index (χ3n) is 4.02. The smallest absolute Gasteiger partial charge is 0.262 e. The van der Waals surface area contributed by atoms with Crippen LogP contribution in [-0.4, -0.2) is 12.5 Å². The normalized spacial score (nSPS) is 10.4. The molecule has 1 amide bonds. The van der Waals surface area contributed by atoms with Crippen LogP contribution < -0.4 is 15.4 Å². The number of aryl methyl sites for hydroxylation is 1. The van der Waals surface area contributed by atoms with Crippen molar-refractivity contribution in [2.45, 2.75) is 13.5 Å². The Labute approximate surface area is 174 Å². The first-order valence-corrected chi connectivity index (χ1v) is 9.52. The molecule has 144 valence electrons. The average Bonchev–Trinajstić information content (AvgIpc) is 2.69. The second kappa shape index (κ2) is 9.49. The molecule has 0 fully saturated rings. The Morgan fingerprint density at radius 2 is 1.68 bits per heavy atom. The molecular formula is C22H20Cl2N2O2. The number of nitrogens with one attached hydrogen (secondary N) is 2. The summed E-state index contributed by atoms with van der Waals surface area (Å²) in [6.45, 7) is 2.53. The maximum absolute atomic E-state index is 12.1. The molecular weight excluding hydrogens is 395 g/mol. The van der Waals surface area contributed by atoms with E-state index in [1.54, 1.807) is 12.1 Å². The summed E-state index contributed by atoms with van der Waals surface area (Å²) in [7, 11) is 0. The van der Waals surface area contributed by atoms with E-state index in [2.05, 4.69) is 10.6 Å². The van der Waals surface area contributed by atoms with Crippen molar-refractivity contribution in [3.8, 4) is 5.75 Å². The first-order chi connectivity index (χ1) is 13.5. The summed E-state index contributed by atoms with van der Waals surface area (Å²) in [5.74, 6) is 0.427. The zero-order valence-electron chi connectivity index (χ0n) is 15.3. The fourth-order valence-corrected chi connectivity index (χ4v) is 2.84. The number of benzene rings is 3. The molecule has 0 unspecified atom stereocenters. The third kappa shape index (κ3) is 5.91. The topological polar surface area (TPSA) is 50.4 Å². The predicted octanol–water partition coefficient (Wildman–Crippen LogP) is 5.93. The van der Waals surface area contributed by atoms with Gasteiger partial charge in [-0.25, -0.2) is 0 Å². The van der Waals surface area contributed by atoms with Crippen LogP contribution in [0.25, 0.3) is 0 Å². The minimum Gasteiger partial charge on any atom is -0.484 e. The molecule has 0 aliphatic rings. The van der Waals surface area contributed by atoms with E-state index in [0.717, 1.165) is 22.5 Å². The Morgan fingerprint density at radius 3 is 2.43 bits per heavy atom. The highest BCUT2D eigenvalue weighted by Crippen LogP contribution is 2.25. The summed E-state index contributed by atoms with van der Waals surface area (Å²) in [6.07, 6.45) is 0. The number of amides is 1. The van der Waals surface area contributed by atoms with E-state index in [1.807, 2.05) is 61.5 Å². The lowest BCUT2D eigenvalue weighted by Gasteiger charge is -2.11. The SMILES string of the molecule is Cc1ccc(NC(=O)COc2cccc(CNc3ccc(Cl)c(Cl)c3)c2)cc1. The molecule has 0 bridgehead atoms. The second-order valence-corrected chi connectivity index (χ2v) is 7.15. The van der Waals surface area contributed by atoms with Gasteiger partial charge in [0, 0.05) is 17.9 Å². The maximum Gasteiger partial charge on any atom is 0.262 e. The van der Waals surface area contributed by atoms with Gasteiger partial charge in [0.1, 0.15) is 5.75 Å². The van der Waals surface area contributed by atoms with Crippen LogP contribution in [0.1, 0.15) is 11.1 Å². The molecule has 4 nitrogen and oxygen atoms in total. The molecule has 0 saturated carbocycles. The van der Waals surface area contributed by atoms with E-state index in [0.29, 0.717) is 22.3 Å². The van der Waals surface area contributed by atoms with E-state index in [-0.39, 0.29) is 12.5 Å². The van der Waals surface area contributed by atoms with Gasteiger partial charge in [-0.15, -0.1) is 0 Å². The quantitative estimate of drug-likeness (QED) is 0.503. The van der Waals surface area contributed by atoms with Crippen molar-refractivity contribution in [2.24, 2.45) is 0 Å². The number of carbonyl (C=O) groups is 1. The summed E-state index contributed by atoms with van der Waals surface area (Å²) in [5.41, 5.74) is 3.78. The van der Waals surface area contributed by atoms with Gasteiger partial charge >= 0.3 is 0 Å². The number of carbonyl (C=O) groups excluding carboxylic acids is 1. The van der Waals surface area contributed by atoms with Crippen LogP contribution in [0, 0.1) is 6.92 Å². The minimum absolute atomic E-state index is 0.0580. The number of hydrogen-bond acceptors (Lipinski definition) is 3. The molecule has 0 aliphatic heterocycles. The maximum atomic E-state index is 12.1. The molecule has 0 aromatic heterocycles. The van der Waals surface area contributed by atoms with E-state index >= 15 is 0 Å². The molecule has 3 rings (SSSR count). The lowest BCUT2D eigenvalue weighted by atomic mass is 10.2. The summed E-state index contributed by atoms with van der Waals surface area (Å²) in [6, 6.07) is 20.6. The highest BCUT2D eigenvalue weighted by atomic mass is 35.5. The van der Waals surface area contributed by atoms with E-state index in [1.165, 1.54) is 0 Å². The van der Waals surface area contributed by atoms with Gasteiger partial charge in [0.2, 0.25) is 0 Å². The highest BCUT2D eigenvalue weighted by Gasteiger charge is 2.05. The van der Waals surface area contributed by atoms with Crippen LogP contribution in [0.2, 0.25) is 10.0 Å². The number of ether oxygens (including phenoxy) is 1. The zero-order chi connectivity index (χ0) is 19.9. The monoisotopic (exact) mass is 414 g/mol. The van der Waals surface area contributed by atoms with Crippen molar-refractivity contribution < 1.29 is 9.53 Å². The van der Waals surface area contributed by atoms with Gasteiger partial charge in [-0.1, -0.05) is 53.0 Å². The molecule has 0 aliphatic carbocycles. The number of anilines is 2. The molecule has 0 heterocycles. The van der Waals surface area contributed by atoms with Crippen molar-refractivity contribution in [1.29, 1.82) is 0 Å². The van der Waals surface area contributed by atoms with Gasteiger partial charge in [-0.05, 0) is 55.0 Å². The summed E-state index contributed by atoms with van der Waals surface area (Å²) < 4.78 is 5.61. The summed E-state index contributed by atoms with van der Waals surface area (Å²) in [4.78, 5) is 12.1. The molecule has 0 saturated heterocycles. The molecule has 0 atom stereocenters. The Morgan fingerprint density at radius 1 is 0.929 bits per heavy atom. The Balaban J connectivity index is 1.51. The van der Waals surface area contributed by atoms with Gasteiger partial charge < -0.3 is 15.4 Å². The third-order valence-corrected chi connectivity index (χ3v) is 4.76. The van der Waals surface area contributed by atoms with Gasteiger partial charge in [-0.3, -0.25) is 4.79 Å². The zero-order valence-corrected chi connectivity index (χ0v) is 16.8. The van der Waals surface area contributed by atoms with E-state index in [9.17, 15) is 4.79 Å². The van der Waals surface area contributed by atoms with Crippen LogP contribution >= 0.6 is 23.2 Å². The van der Waals surface area contributed by atoms with Crippen LogP contribution in [0.15, 0.2) is 66.7 Å². The van der Waals surface area contributed by atoms with Crippen LogP contribution in [0.5, 0.6) is 5.75 Å². The Hall–Kier alpha value is -2.69. The van der Waals surface area contributed by atoms with Crippen molar-refractivity contribution in [2.75, 3.05) is 17.2 Å². The Kier molecular flexibility index (Phi) is 6.80. The molecule has 0 radical (unpaired) electrons. The van der Waals surface area contributed by atoms with Gasteiger partial charge in [-0.2, -0.15) is 0 Å². The van der Waals surface area contributed by atoms with Gasteiger partial charge in [0.05, 0.1) is 10.0 Å². The average molecular weight is 415 g/mol. The number of hydrogen-bond donors (Lipinski definition) is 2. The van der Waals surface area contributed by atoms with Crippen LogP contribution in [0.4, 0.5) is 11.4 Å². The molecule has 2 N–H and O–H groups in total. The standard InChI is InChI=1S/C22H20Cl2N2O2/c1-15-5-7-17(8-6-15)26-22(27)14-28-19-4-2-3-16(11-19)13-25-18-9-10-20(23)21(24)12-18/h2-12,25H,13-14H2,1H3,(H,26,27). The minimum atomic E-state index is -0.205. The van der Waals surface area contributed by atoms with Crippen molar-refractivity contribution >= 4 is 40.5 Å². The summed E-state index contributed by atoms with van der Waals surface area (Å²) >= 11 is 12.0. The largest absolute Gasteiger partial charge is 0.484 e. The predicted molar refractivity (Wildman–Crippen MR) is 116 cm³/mol. The fourth-order valence-electron chi connectivity index (χ4n) is 2.54. The second-order valence-electron chi connectivity index (χ2n) is 6.33. The van der Waals surface area contributed by atoms with Crippen molar-refractivity contribution in [3.05, 3.63) is 87.9 Å². The molecule has 0 spiro atoms. The van der Waals surface area contributed by atoms with Crippen molar-refractivity contribution in [1.82, 2.24) is 0 Å². The lowest BCUT2D eigenvalue weighted by molar-refractivity contribution is -0.118. The van der Waals surface area contributed by atoms with Gasteiger partial charge in [0.25, 0.3) is 5.91 Å². The first kappa shape index (κ1) is 20.1. The van der Waals surface area contributed by atoms with Crippen LogP contribution in [-0.2, 0) is 11.3 Å². The molecule has 3 aromatic rings. The van der Waals surface area contributed by atoms with Gasteiger partial charge in [0.15, 0.2) is 6.61 Å². The van der Waals surface area contributed by atoms with Crippen molar-refractivity contribution in [3.63, 3.8) is 0 Å². The number of halogens is 2. The summed E-state index contributed by atoms with van der Waals surface area (Å²) in [5, 5.41) is 7.11. The number of rotatable bonds is 7. The fraction of sp³-hybridized carbons (Fsp3) is 0.136. The lowest BCUT2D eigenvalue weighted by Crippen LogP contribution is -2.20. The van der Waals surface area contributed by atoms with Crippen LogP contribution in [0.3, 0.4) is 0 Å². The molecule has 6 heteroatoms. The first-order valence-electron chi connectivity index (χ1n) is 8.77. The van der Waals surface area contributed by atoms with E-state index < -0.39 is 0 Å². The van der Waals surface area contributed by atoms with E-state index in [4.69, 9.17) is 27.9 Å². The Bertz CT molecular complexity index is 959. The molecule has 28 heavy (non-hydrogen) atoms. The highest BCUT2D eigenvalue weighted by molar-refractivity contribution is 6.42.